The molecule has 0 aromatic carbocycles. The Hall–Kier alpha value is -0.610. The van der Waals surface area contributed by atoms with Crippen molar-refractivity contribution < 1.29 is 4.79 Å². The molecule has 1 aliphatic carbocycles. The first-order valence-electron chi connectivity index (χ1n) is 8.01. The molecule has 4 atom stereocenters. The van der Waals surface area contributed by atoms with Crippen LogP contribution < -0.4 is 11.1 Å². The Kier molecular flexibility index (Phi) is 4.08. The molecule has 3 N–H and O–H groups in total. The van der Waals surface area contributed by atoms with Crippen molar-refractivity contribution in [1.29, 1.82) is 0 Å². The Morgan fingerprint density at radius 1 is 1.21 bits per heavy atom. The van der Waals surface area contributed by atoms with E-state index in [1.54, 1.807) is 0 Å². The maximum absolute atomic E-state index is 11.5. The predicted molar refractivity (Wildman–Crippen MR) is 75.6 cm³/mol. The molecule has 4 heteroatoms. The molecule has 19 heavy (non-hydrogen) atoms. The highest BCUT2D eigenvalue weighted by Crippen LogP contribution is 2.33. The van der Waals surface area contributed by atoms with E-state index in [-0.39, 0.29) is 5.91 Å². The number of amides is 1. The van der Waals surface area contributed by atoms with Gasteiger partial charge in [-0.3, -0.25) is 9.69 Å². The van der Waals surface area contributed by atoms with Crippen LogP contribution in [0.2, 0.25) is 0 Å². The largest absolute Gasteiger partial charge is 0.353 e. The number of nitrogens with one attached hydrogen (secondary N) is 1. The molecule has 0 spiro atoms. The van der Waals surface area contributed by atoms with E-state index in [9.17, 15) is 4.79 Å². The molecule has 3 aliphatic rings. The fourth-order valence-electron chi connectivity index (χ4n) is 4.38. The quantitative estimate of drug-likeness (QED) is 0.786. The Balaban J connectivity index is 1.62. The lowest BCUT2D eigenvalue weighted by Gasteiger charge is -2.47. The van der Waals surface area contributed by atoms with Gasteiger partial charge in [-0.2, -0.15) is 0 Å². The van der Waals surface area contributed by atoms with E-state index in [4.69, 9.17) is 5.73 Å². The molecule has 0 aromatic heterocycles. The van der Waals surface area contributed by atoms with E-state index in [1.807, 2.05) is 0 Å². The van der Waals surface area contributed by atoms with E-state index < -0.39 is 0 Å². The summed E-state index contributed by atoms with van der Waals surface area (Å²) in [7, 11) is 0. The van der Waals surface area contributed by atoms with Crippen LogP contribution in [-0.4, -0.2) is 42.5 Å². The highest BCUT2D eigenvalue weighted by Gasteiger charge is 2.38. The van der Waals surface area contributed by atoms with Gasteiger partial charge in [0.25, 0.3) is 0 Å². The van der Waals surface area contributed by atoms with Crippen molar-refractivity contribution in [3.8, 4) is 0 Å². The summed E-state index contributed by atoms with van der Waals surface area (Å²) < 4.78 is 0. The normalized spacial score (nSPS) is 40.6. The lowest BCUT2D eigenvalue weighted by molar-refractivity contribution is -0.125. The number of carbonyl (C=O) groups excluding carboxylic acids is 1. The number of hydrogen-bond donors (Lipinski definition) is 2. The highest BCUT2D eigenvalue weighted by atomic mass is 16.1. The first-order chi connectivity index (χ1) is 9.28. The third-order valence-corrected chi connectivity index (χ3v) is 5.49. The van der Waals surface area contributed by atoms with Gasteiger partial charge in [0.1, 0.15) is 0 Å². The average Bonchev–Trinajstić information content (AvgIpc) is 2.46. The van der Waals surface area contributed by atoms with E-state index in [2.05, 4.69) is 10.2 Å². The molecule has 1 saturated carbocycles. The van der Waals surface area contributed by atoms with Crippen molar-refractivity contribution in [2.45, 2.75) is 57.0 Å². The zero-order chi connectivity index (χ0) is 13.2. The Morgan fingerprint density at radius 2 is 2.05 bits per heavy atom. The third kappa shape index (κ3) is 2.79. The zero-order valence-electron chi connectivity index (χ0n) is 11.8. The number of likely N-dealkylation sites (tertiary alicyclic amines) is 1. The molecular formula is C15H27N3O. The van der Waals surface area contributed by atoms with Gasteiger partial charge in [-0.05, 0) is 44.1 Å². The summed E-state index contributed by atoms with van der Waals surface area (Å²) in [5.41, 5.74) is 5.97. The molecule has 4 nitrogen and oxygen atoms in total. The SMILES string of the molecule is NCC1CCCCC1N1CCC2NC(=O)CCC2C1. The number of hydrogen-bond acceptors (Lipinski definition) is 3. The van der Waals surface area contributed by atoms with E-state index in [0.717, 1.165) is 32.4 Å². The molecule has 1 amide bonds. The smallest absolute Gasteiger partial charge is 0.220 e. The van der Waals surface area contributed by atoms with Crippen molar-refractivity contribution in [3.05, 3.63) is 0 Å². The van der Waals surface area contributed by atoms with Gasteiger partial charge in [-0.15, -0.1) is 0 Å². The first-order valence-corrected chi connectivity index (χ1v) is 8.01. The maximum atomic E-state index is 11.5. The number of nitrogens with zero attached hydrogens (tertiary/aromatic N) is 1. The monoisotopic (exact) mass is 265 g/mol. The van der Waals surface area contributed by atoms with E-state index in [0.29, 0.717) is 23.9 Å². The van der Waals surface area contributed by atoms with Crippen LogP contribution in [0, 0.1) is 11.8 Å². The molecule has 0 bridgehead atoms. The number of fused-ring (bicyclic) bond motifs is 1. The maximum Gasteiger partial charge on any atom is 0.220 e. The minimum Gasteiger partial charge on any atom is -0.353 e. The van der Waals surface area contributed by atoms with Gasteiger partial charge in [0.15, 0.2) is 0 Å². The minimum absolute atomic E-state index is 0.257. The molecular weight excluding hydrogens is 238 g/mol. The fraction of sp³-hybridized carbons (Fsp3) is 0.933. The standard InChI is InChI=1S/C15H27N3O/c16-9-11-3-1-2-4-14(11)18-8-7-13-12(10-18)5-6-15(19)17-13/h11-14H,1-10,16H2,(H,17,19). The Labute approximate surface area is 116 Å². The summed E-state index contributed by atoms with van der Waals surface area (Å²) in [6.07, 6.45) is 8.28. The fourth-order valence-corrected chi connectivity index (χ4v) is 4.38. The zero-order valence-corrected chi connectivity index (χ0v) is 11.8. The van der Waals surface area contributed by atoms with Gasteiger partial charge >= 0.3 is 0 Å². The Bertz CT molecular complexity index is 333. The van der Waals surface area contributed by atoms with Gasteiger partial charge in [0.05, 0.1) is 0 Å². The summed E-state index contributed by atoms with van der Waals surface area (Å²) in [4.78, 5) is 14.1. The molecule has 2 heterocycles. The summed E-state index contributed by atoms with van der Waals surface area (Å²) in [5.74, 6) is 1.63. The van der Waals surface area contributed by atoms with Crippen LogP contribution in [0.15, 0.2) is 0 Å². The van der Waals surface area contributed by atoms with Crippen LogP contribution in [0.5, 0.6) is 0 Å². The molecule has 0 radical (unpaired) electrons. The first kappa shape index (κ1) is 13.4. The van der Waals surface area contributed by atoms with Crippen molar-refractivity contribution in [1.82, 2.24) is 10.2 Å². The van der Waals surface area contributed by atoms with E-state index >= 15 is 0 Å². The number of rotatable bonds is 2. The van der Waals surface area contributed by atoms with Crippen molar-refractivity contribution in [2.24, 2.45) is 17.6 Å². The van der Waals surface area contributed by atoms with Crippen LogP contribution in [0.3, 0.4) is 0 Å². The number of piperidine rings is 2. The molecule has 2 aliphatic heterocycles. The second kappa shape index (κ2) is 5.80. The number of nitrogens with two attached hydrogens (primary N) is 1. The Morgan fingerprint density at radius 3 is 2.89 bits per heavy atom. The van der Waals surface area contributed by atoms with Crippen LogP contribution in [-0.2, 0) is 4.79 Å². The summed E-state index contributed by atoms with van der Waals surface area (Å²) in [5, 5.41) is 3.18. The van der Waals surface area contributed by atoms with Crippen LogP contribution in [0.4, 0.5) is 0 Å². The average molecular weight is 265 g/mol. The number of carbonyl (C=O) groups is 1. The van der Waals surface area contributed by atoms with Crippen LogP contribution >= 0.6 is 0 Å². The van der Waals surface area contributed by atoms with Gasteiger partial charge in [-0.1, -0.05) is 12.8 Å². The van der Waals surface area contributed by atoms with E-state index in [1.165, 1.54) is 32.2 Å². The van der Waals surface area contributed by atoms with Gasteiger partial charge in [-0.25, -0.2) is 0 Å². The minimum atomic E-state index is 0.257. The summed E-state index contributed by atoms with van der Waals surface area (Å²) in [6, 6.07) is 1.15. The van der Waals surface area contributed by atoms with Crippen molar-refractivity contribution >= 4 is 5.91 Å². The molecule has 2 saturated heterocycles. The predicted octanol–water partition coefficient (Wildman–Crippen LogP) is 1.10. The second-order valence-corrected chi connectivity index (χ2v) is 6.60. The van der Waals surface area contributed by atoms with Crippen molar-refractivity contribution in [2.75, 3.05) is 19.6 Å². The van der Waals surface area contributed by atoms with Gasteiger partial charge in [0.2, 0.25) is 5.91 Å². The molecule has 108 valence electrons. The third-order valence-electron chi connectivity index (χ3n) is 5.49. The molecule has 4 unspecified atom stereocenters. The van der Waals surface area contributed by atoms with Crippen LogP contribution in [0.25, 0.3) is 0 Å². The second-order valence-electron chi connectivity index (χ2n) is 6.60. The molecule has 3 fully saturated rings. The lowest BCUT2D eigenvalue weighted by Crippen LogP contribution is -2.57. The molecule has 3 rings (SSSR count). The topological polar surface area (TPSA) is 58.4 Å². The van der Waals surface area contributed by atoms with Gasteiger partial charge < -0.3 is 11.1 Å². The summed E-state index contributed by atoms with van der Waals surface area (Å²) in [6.45, 7) is 3.15. The van der Waals surface area contributed by atoms with Crippen LogP contribution in [0.1, 0.15) is 44.9 Å². The summed E-state index contributed by atoms with van der Waals surface area (Å²) >= 11 is 0. The molecule has 0 aromatic rings. The van der Waals surface area contributed by atoms with Crippen molar-refractivity contribution in [3.63, 3.8) is 0 Å². The highest BCUT2D eigenvalue weighted by molar-refractivity contribution is 5.77. The lowest BCUT2D eigenvalue weighted by atomic mass is 9.79. The van der Waals surface area contributed by atoms with Gasteiger partial charge in [0, 0.05) is 31.6 Å².